The van der Waals surface area contributed by atoms with E-state index in [9.17, 15) is 4.39 Å². The minimum Gasteiger partial charge on any atom is -0.304 e. The van der Waals surface area contributed by atoms with E-state index in [0.29, 0.717) is 10.6 Å². The van der Waals surface area contributed by atoms with E-state index in [-0.39, 0.29) is 12.4 Å². The van der Waals surface area contributed by atoms with Gasteiger partial charge in [-0.15, -0.1) is 0 Å². The highest BCUT2D eigenvalue weighted by atomic mass is 35.5. The lowest BCUT2D eigenvalue weighted by Crippen LogP contribution is -2.27. The molecular weight excluding hydrogens is 205 g/mol. The lowest BCUT2D eigenvalue weighted by atomic mass is 9.85. The van der Waals surface area contributed by atoms with E-state index in [1.807, 2.05) is 13.8 Å². The molecule has 0 saturated heterocycles. The van der Waals surface area contributed by atoms with Gasteiger partial charge in [0.1, 0.15) is 5.82 Å². The first-order chi connectivity index (χ1) is 6.49. The average molecular weight is 218 g/mol. The van der Waals surface area contributed by atoms with Crippen LogP contribution in [0, 0.1) is 5.82 Å². The number of halogens is 2. The van der Waals surface area contributed by atoms with Gasteiger partial charge in [-0.1, -0.05) is 31.5 Å². The fraction of sp³-hybridized carbons (Fsp3) is 0.400. The zero-order chi connectivity index (χ0) is 10.8. The number of nitrogens with two attached hydrogens (primary N) is 1. The van der Waals surface area contributed by atoms with Crippen molar-refractivity contribution >= 4 is 11.6 Å². The Bertz CT molecular complexity index is 308. The Labute approximate surface area is 87.8 Å². The van der Waals surface area contributed by atoms with E-state index in [1.165, 1.54) is 6.07 Å². The highest BCUT2D eigenvalue weighted by molar-refractivity contribution is 6.31. The molecule has 14 heavy (non-hydrogen) atoms. The monoisotopic (exact) mass is 217 g/mol. The Hall–Kier alpha value is -0.640. The predicted octanol–water partition coefficient (Wildman–Crippen LogP) is 2.65. The maximum Gasteiger partial charge on any atom is 0.128 e. The van der Waals surface area contributed by atoms with Gasteiger partial charge in [0.15, 0.2) is 0 Å². The minimum absolute atomic E-state index is 0.216. The van der Waals surface area contributed by atoms with Gasteiger partial charge in [0.25, 0.3) is 0 Å². The molecule has 0 atom stereocenters. The van der Waals surface area contributed by atoms with E-state index in [0.717, 1.165) is 0 Å². The molecule has 2 nitrogen and oxygen atoms in total. The fourth-order valence-corrected chi connectivity index (χ4v) is 1.84. The van der Waals surface area contributed by atoms with Gasteiger partial charge in [-0.3, -0.25) is 0 Å². The topological polar surface area (TPSA) is 35.2 Å². The summed E-state index contributed by atoms with van der Waals surface area (Å²) in [6.45, 7) is 3.86. The largest absolute Gasteiger partial charge is 0.304 e. The normalized spacial score (nSPS) is 11.8. The van der Waals surface area contributed by atoms with Crippen LogP contribution in [-0.4, -0.2) is 6.61 Å². The van der Waals surface area contributed by atoms with E-state index in [2.05, 4.69) is 4.84 Å². The van der Waals surface area contributed by atoms with Crippen LogP contribution in [0.15, 0.2) is 18.2 Å². The molecule has 0 unspecified atom stereocenters. The van der Waals surface area contributed by atoms with Gasteiger partial charge in [-0.2, -0.15) is 0 Å². The van der Waals surface area contributed by atoms with Gasteiger partial charge < -0.3 is 4.84 Å². The van der Waals surface area contributed by atoms with E-state index in [4.69, 9.17) is 17.5 Å². The molecule has 78 valence electrons. The van der Waals surface area contributed by atoms with Crippen LogP contribution in [0.4, 0.5) is 4.39 Å². The molecule has 2 N–H and O–H groups in total. The van der Waals surface area contributed by atoms with Gasteiger partial charge in [0.05, 0.1) is 6.61 Å². The summed E-state index contributed by atoms with van der Waals surface area (Å²) in [7, 11) is 0. The first-order valence-corrected chi connectivity index (χ1v) is 4.63. The van der Waals surface area contributed by atoms with Crippen molar-refractivity contribution in [2.75, 3.05) is 6.61 Å². The molecule has 0 aliphatic heterocycles. The molecule has 0 aromatic heterocycles. The SMILES string of the molecule is CC(C)(CON)c1c(F)cccc1Cl. The fourth-order valence-electron chi connectivity index (χ4n) is 1.42. The van der Waals surface area contributed by atoms with Crippen LogP contribution in [0.25, 0.3) is 0 Å². The Morgan fingerprint density at radius 1 is 1.50 bits per heavy atom. The summed E-state index contributed by atoms with van der Waals surface area (Å²) in [6, 6.07) is 4.60. The molecule has 0 fully saturated rings. The molecular formula is C10H13ClFNO. The van der Waals surface area contributed by atoms with Crippen LogP contribution in [0.1, 0.15) is 19.4 Å². The number of benzene rings is 1. The Kier molecular flexibility index (Phi) is 3.48. The number of hydrogen-bond acceptors (Lipinski definition) is 2. The van der Waals surface area contributed by atoms with Crippen LogP contribution in [0.3, 0.4) is 0 Å². The standard InChI is InChI=1S/C10H13ClFNO/c1-10(2,6-14-13)9-7(11)4-3-5-8(9)12/h3-5H,6,13H2,1-2H3. The number of hydrogen-bond donors (Lipinski definition) is 1. The van der Waals surface area contributed by atoms with E-state index >= 15 is 0 Å². The first-order valence-electron chi connectivity index (χ1n) is 4.25. The summed E-state index contributed by atoms with van der Waals surface area (Å²) >= 11 is 5.91. The van der Waals surface area contributed by atoms with Crippen LogP contribution < -0.4 is 5.90 Å². The molecule has 0 aliphatic carbocycles. The molecule has 0 spiro atoms. The second-order valence-electron chi connectivity index (χ2n) is 3.79. The van der Waals surface area contributed by atoms with Crippen molar-refractivity contribution in [1.29, 1.82) is 0 Å². The Morgan fingerprint density at radius 3 is 2.64 bits per heavy atom. The quantitative estimate of drug-likeness (QED) is 0.790. The zero-order valence-electron chi connectivity index (χ0n) is 8.18. The third-order valence-electron chi connectivity index (χ3n) is 2.08. The molecule has 1 rings (SSSR count). The van der Waals surface area contributed by atoms with Crippen molar-refractivity contribution in [3.05, 3.63) is 34.6 Å². The summed E-state index contributed by atoms with van der Waals surface area (Å²) in [4.78, 5) is 4.55. The van der Waals surface area contributed by atoms with Crippen LogP contribution in [0.5, 0.6) is 0 Å². The average Bonchev–Trinajstić information content (AvgIpc) is 2.02. The van der Waals surface area contributed by atoms with Crippen LogP contribution in [0.2, 0.25) is 5.02 Å². The van der Waals surface area contributed by atoms with Gasteiger partial charge in [0.2, 0.25) is 0 Å². The van der Waals surface area contributed by atoms with Crippen molar-refractivity contribution < 1.29 is 9.23 Å². The van der Waals surface area contributed by atoms with Crippen molar-refractivity contribution in [3.8, 4) is 0 Å². The predicted molar refractivity (Wildman–Crippen MR) is 54.6 cm³/mol. The maximum atomic E-state index is 13.5. The summed E-state index contributed by atoms with van der Waals surface area (Å²) in [5.74, 6) is 4.65. The highest BCUT2D eigenvalue weighted by Gasteiger charge is 2.26. The summed E-state index contributed by atoms with van der Waals surface area (Å²) in [6.07, 6.45) is 0. The summed E-state index contributed by atoms with van der Waals surface area (Å²) < 4.78 is 13.5. The third-order valence-corrected chi connectivity index (χ3v) is 2.40. The Morgan fingerprint density at radius 2 is 2.14 bits per heavy atom. The van der Waals surface area contributed by atoms with Crippen LogP contribution >= 0.6 is 11.6 Å². The second kappa shape index (κ2) is 4.26. The van der Waals surface area contributed by atoms with Gasteiger partial charge >= 0.3 is 0 Å². The first kappa shape index (κ1) is 11.4. The molecule has 0 heterocycles. The molecule has 0 amide bonds. The lowest BCUT2D eigenvalue weighted by molar-refractivity contribution is 0.0951. The van der Waals surface area contributed by atoms with Crippen molar-refractivity contribution in [2.45, 2.75) is 19.3 Å². The maximum absolute atomic E-state index is 13.5. The van der Waals surface area contributed by atoms with Crippen LogP contribution in [-0.2, 0) is 10.3 Å². The number of rotatable bonds is 3. The minimum atomic E-state index is -0.531. The highest BCUT2D eigenvalue weighted by Crippen LogP contribution is 2.31. The van der Waals surface area contributed by atoms with E-state index in [1.54, 1.807) is 12.1 Å². The molecule has 4 heteroatoms. The Balaban J connectivity index is 3.17. The summed E-state index contributed by atoms with van der Waals surface area (Å²) in [5.41, 5.74) is -0.0934. The van der Waals surface area contributed by atoms with Crippen molar-refractivity contribution in [1.82, 2.24) is 0 Å². The summed E-state index contributed by atoms with van der Waals surface area (Å²) in [5, 5.41) is 0.395. The molecule has 0 bridgehead atoms. The van der Waals surface area contributed by atoms with Crippen molar-refractivity contribution in [3.63, 3.8) is 0 Å². The van der Waals surface area contributed by atoms with E-state index < -0.39 is 5.41 Å². The van der Waals surface area contributed by atoms with Crippen molar-refractivity contribution in [2.24, 2.45) is 5.90 Å². The van der Waals surface area contributed by atoms with Gasteiger partial charge in [-0.25, -0.2) is 10.3 Å². The molecule has 0 saturated carbocycles. The van der Waals surface area contributed by atoms with Gasteiger partial charge in [0, 0.05) is 16.0 Å². The molecule has 0 aliphatic rings. The zero-order valence-corrected chi connectivity index (χ0v) is 8.94. The lowest BCUT2D eigenvalue weighted by Gasteiger charge is -2.25. The smallest absolute Gasteiger partial charge is 0.128 e. The second-order valence-corrected chi connectivity index (χ2v) is 4.20. The molecule has 1 aromatic rings. The third kappa shape index (κ3) is 2.23. The molecule has 1 aromatic carbocycles. The van der Waals surface area contributed by atoms with Gasteiger partial charge in [-0.05, 0) is 12.1 Å². The molecule has 0 radical (unpaired) electrons.